The van der Waals surface area contributed by atoms with E-state index in [2.05, 4.69) is 38.4 Å². The molecule has 0 aromatic carbocycles. The molecule has 2 aliphatic rings. The predicted octanol–water partition coefficient (Wildman–Crippen LogP) is 4.17. The second-order valence-electron chi connectivity index (χ2n) is 6.85. The van der Waals surface area contributed by atoms with Gasteiger partial charge in [0.15, 0.2) is 0 Å². The zero-order valence-corrected chi connectivity index (χ0v) is 12.6. The van der Waals surface area contributed by atoms with Gasteiger partial charge in [-0.1, -0.05) is 44.5 Å². The summed E-state index contributed by atoms with van der Waals surface area (Å²) in [5.41, 5.74) is 4.14. The number of hydrogen-bond acceptors (Lipinski definition) is 1. The van der Waals surface area contributed by atoms with E-state index in [1.165, 1.54) is 32.1 Å². The first kappa shape index (κ1) is 12.2. The van der Waals surface area contributed by atoms with Crippen LogP contribution in [-0.4, -0.2) is 24.7 Å². The summed E-state index contributed by atoms with van der Waals surface area (Å²) >= 11 is 0. The Labute approximate surface area is 102 Å². The Morgan fingerprint density at radius 2 is 1.62 bits per heavy atom. The molecule has 1 saturated carbocycles. The topological polar surface area (TPSA) is 3.01 Å². The summed E-state index contributed by atoms with van der Waals surface area (Å²) in [5.74, 6) is 0. The lowest BCUT2D eigenvalue weighted by Crippen LogP contribution is -2.35. The molecule has 1 aliphatic heterocycles. The lowest BCUT2D eigenvalue weighted by atomic mass is 9.95. The highest BCUT2D eigenvalue weighted by Gasteiger charge is 2.52. The highest BCUT2D eigenvalue weighted by atomic mass is 28.3. The van der Waals surface area contributed by atoms with Crippen molar-refractivity contribution in [3.63, 3.8) is 0 Å². The van der Waals surface area contributed by atoms with Crippen molar-refractivity contribution in [3.05, 3.63) is 11.3 Å². The van der Waals surface area contributed by atoms with Gasteiger partial charge in [-0.2, -0.15) is 0 Å². The van der Waals surface area contributed by atoms with Gasteiger partial charge in [-0.15, -0.1) is 0 Å². The smallest absolute Gasteiger partial charge is 0.0780 e. The minimum Gasteiger partial charge on any atom is -0.365 e. The quantitative estimate of drug-likeness (QED) is 0.514. The van der Waals surface area contributed by atoms with E-state index in [-0.39, 0.29) is 0 Å². The largest absolute Gasteiger partial charge is 0.365 e. The molecule has 1 atom stereocenters. The summed E-state index contributed by atoms with van der Waals surface area (Å²) < 4.78 is 0. The monoisotopic (exact) mass is 237 g/mol. The third-order valence-electron chi connectivity index (χ3n) is 4.05. The second-order valence-corrected chi connectivity index (χ2v) is 12.1. The van der Waals surface area contributed by atoms with E-state index in [1.807, 2.05) is 0 Å². The molecule has 2 heteroatoms. The van der Waals surface area contributed by atoms with Crippen molar-refractivity contribution >= 4 is 8.07 Å². The average molecular weight is 237 g/mol. The molecule has 0 bridgehead atoms. The number of rotatable bonds is 2. The maximum atomic E-state index is 2.79. The Hall–Kier alpha value is -0.243. The molecule has 2 rings (SSSR count). The molecule has 0 spiro atoms. The highest BCUT2D eigenvalue weighted by molar-refractivity contribution is 6.79. The van der Waals surface area contributed by atoms with E-state index in [9.17, 15) is 0 Å². The standard InChI is InChI=1S/C14H27NSi/c1-11(2)13-14(16(3,4)5)15(13)12-9-7-6-8-10-12/h12,14H,6-10H2,1-5H3. The lowest BCUT2D eigenvalue weighted by Gasteiger charge is -2.26. The van der Waals surface area contributed by atoms with E-state index < -0.39 is 8.07 Å². The Morgan fingerprint density at radius 3 is 2.00 bits per heavy atom. The molecule has 0 aromatic rings. The SMILES string of the molecule is CC(C)=C1C([Si](C)(C)C)N1C1CCCCC1. The van der Waals surface area contributed by atoms with Crippen molar-refractivity contribution in [2.24, 2.45) is 0 Å². The molecule has 16 heavy (non-hydrogen) atoms. The third-order valence-corrected chi connectivity index (χ3v) is 6.24. The van der Waals surface area contributed by atoms with Gasteiger partial charge in [0.05, 0.1) is 13.7 Å². The zero-order valence-electron chi connectivity index (χ0n) is 11.6. The molecular weight excluding hydrogens is 210 g/mol. The summed E-state index contributed by atoms with van der Waals surface area (Å²) in [6.45, 7) is 12.1. The van der Waals surface area contributed by atoms with Crippen LogP contribution in [-0.2, 0) is 0 Å². The van der Waals surface area contributed by atoms with Gasteiger partial charge in [0.25, 0.3) is 0 Å². The lowest BCUT2D eigenvalue weighted by molar-refractivity contribution is 0.301. The van der Waals surface area contributed by atoms with Crippen molar-refractivity contribution < 1.29 is 0 Å². The molecule has 1 heterocycles. The van der Waals surface area contributed by atoms with Gasteiger partial charge in [0.2, 0.25) is 0 Å². The molecule has 1 saturated heterocycles. The Kier molecular flexibility index (Phi) is 3.22. The molecular formula is C14H27NSi. The van der Waals surface area contributed by atoms with Gasteiger partial charge in [0.1, 0.15) is 0 Å². The van der Waals surface area contributed by atoms with Gasteiger partial charge in [-0.25, -0.2) is 0 Å². The summed E-state index contributed by atoms with van der Waals surface area (Å²) in [4.78, 5) is 2.79. The molecule has 0 radical (unpaired) electrons. The minimum absolute atomic E-state index is 0.862. The number of allylic oxidation sites excluding steroid dienone is 1. The molecule has 1 aliphatic carbocycles. The first-order chi connectivity index (χ1) is 7.43. The van der Waals surface area contributed by atoms with Crippen molar-refractivity contribution in [1.29, 1.82) is 0 Å². The highest BCUT2D eigenvalue weighted by Crippen LogP contribution is 2.46. The summed E-state index contributed by atoms with van der Waals surface area (Å²) in [5, 5.41) is 0. The van der Waals surface area contributed by atoms with E-state index in [1.54, 1.807) is 11.3 Å². The first-order valence-corrected chi connectivity index (χ1v) is 10.5. The van der Waals surface area contributed by atoms with E-state index in [4.69, 9.17) is 0 Å². The Balaban J connectivity index is 2.13. The molecule has 0 N–H and O–H groups in total. The van der Waals surface area contributed by atoms with Gasteiger partial charge in [-0.05, 0) is 26.7 Å². The van der Waals surface area contributed by atoms with Crippen molar-refractivity contribution in [2.75, 3.05) is 0 Å². The molecule has 2 fully saturated rings. The van der Waals surface area contributed by atoms with Crippen LogP contribution in [0.25, 0.3) is 0 Å². The van der Waals surface area contributed by atoms with Gasteiger partial charge < -0.3 is 4.90 Å². The third kappa shape index (κ3) is 2.22. The molecule has 92 valence electrons. The fourth-order valence-electron chi connectivity index (χ4n) is 3.34. The Bertz CT molecular complexity index is 290. The molecule has 1 unspecified atom stereocenters. The van der Waals surface area contributed by atoms with Crippen LogP contribution in [0.15, 0.2) is 11.3 Å². The minimum atomic E-state index is -1.03. The van der Waals surface area contributed by atoms with Crippen LogP contribution in [0.4, 0.5) is 0 Å². The Morgan fingerprint density at radius 1 is 1.06 bits per heavy atom. The fraction of sp³-hybridized carbons (Fsp3) is 0.857. The molecule has 0 amide bonds. The summed E-state index contributed by atoms with van der Waals surface area (Å²) in [7, 11) is -1.03. The normalized spacial score (nSPS) is 27.2. The van der Waals surface area contributed by atoms with E-state index in [0.29, 0.717) is 0 Å². The maximum Gasteiger partial charge on any atom is 0.0780 e. The van der Waals surface area contributed by atoms with Crippen LogP contribution in [0.5, 0.6) is 0 Å². The van der Waals surface area contributed by atoms with Crippen LogP contribution in [0.2, 0.25) is 19.6 Å². The average Bonchev–Trinajstić information content (AvgIpc) is 2.93. The number of hydrogen-bond donors (Lipinski definition) is 0. The maximum absolute atomic E-state index is 2.79. The fourth-order valence-corrected chi connectivity index (χ4v) is 5.70. The van der Waals surface area contributed by atoms with Crippen molar-refractivity contribution in [2.45, 2.75) is 77.3 Å². The molecule has 0 aromatic heterocycles. The number of nitrogens with zero attached hydrogens (tertiary/aromatic N) is 1. The zero-order chi connectivity index (χ0) is 11.9. The second kappa shape index (κ2) is 4.21. The van der Waals surface area contributed by atoms with Gasteiger partial charge >= 0.3 is 0 Å². The first-order valence-electron chi connectivity index (χ1n) is 6.88. The van der Waals surface area contributed by atoms with Gasteiger partial charge in [-0.3, -0.25) is 0 Å². The van der Waals surface area contributed by atoms with E-state index >= 15 is 0 Å². The predicted molar refractivity (Wildman–Crippen MR) is 74.2 cm³/mol. The summed E-state index contributed by atoms with van der Waals surface area (Å²) in [6, 6.07) is 0.885. The summed E-state index contributed by atoms with van der Waals surface area (Å²) in [6.07, 6.45) is 7.26. The van der Waals surface area contributed by atoms with E-state index in [0.717, 1.165) is 11.7 Å². The van der Waals surface area contributed by atoms with Crippen LogP contribution in [0, 0.1) is 0 Å². The van der Waals surface area contributed by atoms with Crippen LogP contribution < -0.4 is 0 Å². The van der Waals surface area contributed by atoms with Crippen LogP contribution >= 0.6 is 0 Å². The van der Waals surface area contributed by atoms with Crippen molar-refractivity contribution in [3.8, 4) is 0 Å². The van der Waals surface area contributed by atoms with Gasteiger partial charge in [0, 0.05) is 11.7 Å². The van der Waals surface area contributed by atoms with Crippen molar-refractivity contribution in [1.82, 2.24) is 4.90 Å². The van der Waals surface area contributed by atoms with Crippen LogP contribution in [0.1, 0.15) is 46.0 Å². The van der Waals surface area contributed by atoms with Crippen LogP contribution in [0.3, 0.4) is 0 Å². The molecule has 1 nitrogen and oxygen atoms in total.